The zero-order valence-corrected chi connectivity index (χ0v) is 17.6. The maximum atomic E-state index is 14.0. The molecule has 0 aliphatic rings. The first kappa shape index (κ1) is 23.1. The molecule has 0 aliphatic heterocycles. The SMILES string of the molecule is CCCC(CCC)CCCC(CCC)CCCc1ccc(C)c(F)c1F. The molecule has 0 heterocycles. The molecule has 1 unspecified atom stereocenters. The van der Waals surface area contributed by atoms with Gasteiger partial charge in [0.15, 0.2) is 11.6 Å². The highest BCUT2D eigenvalue weighted by Gasteiger charge is 2.13. The average molecular weight is 367 g/mol. The molecule has 1 aromatic rings. The zero-order chi connectivity index (χ0) is 19.4. The Morgan fingerprint density at radius 2 is 1.19 bits per heavy atom. The summed E-state index contributed by atoms with van der Waals surface area (Å²) in [6.07, 6.45) is 14.5. The van der Waals surface area contributed by atoms with E-state index in [0.717, 1.165) is 24.7 Å². The van der Waals surface area contributed by atoms with Gasteiger partial charge in [0, 0.05) is 0 Å². The van der Waals surface area contributed by atoms with Crippen LogP contribution in [0.15, 0.2) is 12.1 Å². The fraction of sp³-hybridized carbons (Fsp3) is 0.750. The van der Waals surface area contributed by atoms with Gasteiger partial charge in [0.25, 0.3) is 0 Å². The van der Waals surface area contributed by atoms with E-state index in [4.69, 9.17) is 0 Å². The van der Waals surface area contributed by atoms with Crippen molar-refractivity contribution in [2.75, 3.05) is 0 Å². The van der Waals surface area contributed by atoms with E-state index in [1.165, 1.54) is 57.8 Å². The van der Waals surface area contributed by atoms with Crippen molar-refractivity contribution >= 4 is 0 Å². The number of hydrogen-bond acceptors (Lipinski definition) is 0. The number of hydrogen-bond donors (Lipinski definition) is 0. The third-order valence-electron chi connectivity index (χ3n) is 5.73. The van der Waals surface area contributed by atoms with Crippen LogP contribution in [0.2, 0.25) is 0 Å². The summed E-state index contributed by atoms with van der Waals surface area (Å²) < 4.78 is 27.7. The molecule has 0 saturated carbocycles. The minimum absolute atomic E-state index is 0.392. The first-order valence-electron chi connectivity index (χ1n) is 11.0. The van der Waals surface area contributed by atoms with Crippen molar-refractivity contribution in [2.45, 2.75) is 105 Å². The molecule has 0 amide bonds. The predicted molar refractivity (Wildman–Crippen MR) is 110 cm³/mol. The van der Waals surface area contributed by atoms with Gasteiger partial charge in [-0.05, 0) is 42.7 Å². The topological polar surface area (TPSA) is 0 Å². The molecule has 0 aromatic heterocycles. The molecule has 0 fully saturated rings. The van der Waals surface area contributed by atoms with Crippen molar-refractivity contribution in [3.63, 3.8) is 0 Å². The molecule has 0 N–H and O–H groups in total. The molecule has 0 spiro atoms. The van der Waals surface area contributed by atoms with E-state index in [9.17, 15) is 8.78 Å². The molecule has 150 valence electrons. The number of halogens is 2. The predicted octanol–water partition coefficient (Wildman–Crippen LogP) is 8.40. The van der Waals surface area contributed by atoms with E-state index in [2.05, 4.69) is 20.8 Å². The monoisotopic (exact) mass is 366 g/mol. The van der Waals surface area contributed by atoms with E-state index < -0.39 is 11.6 Å². The van der Waals surface area contributed by atoms with Gasteiger partial charge >= 0.3 is 0 Å². The Morgan fingerprint density at radius 1 is 0.692 bits per heavy atom. The van der Waals surface area contributed by atoms with Crippen LogP contribution in [0.4, 0.5) is 8.78 Å². The second-order valence-electron chi connectivity index (χ2n) is 8.09. The van der Waals surface area contributed by atoms with Crippen LogP contribution in [-0.4, -0.2) is 0 Å². The summed E-state index contributed by atoms with van der Waals surface area (Å²) >= 11 is 0. The van der Waals surface area contributed by atoms with Crippen molar-refractivity contribution in [2.24, 2.45) is 11.8 Å². The van der Waals surface area contributed by atoms with Gasteiger partial charge in [-0.3, -0.25) is 0 Å². The zero-order valence-electron chi connectivity index (χ0n) is 17.6. The molecular weight excluding hydrogens is 326 g/mol. The summed E-state index contributed by atoms with van der Waals surface area (Å²) in [5.41, 5.74) is 0.929. The summed E-state index contributed by atoms with van der Waals surface area (Å²) in [5.74, 6) is 0.323. The van der Waals surface area contributed by atoms with Crippen molar-refractivity contribution in [3.8, 4) is 0 Å². The Labute approximate surface area is 160 Å². The normalized spacial score (nSPS) is 12.7. The quantitative estimate of drug-likeness (QED) is 0.310. The third-order valence-corrected chi connectivity index (χ3v) is 5.73. The molecule has 26 heavy (non-hydrogen) atoms. The Kier molecular flexibility index (Phi) is 11.8. The molecule has 1 aromatic carbocycles. The highest BCUT2D eigenvalue weighted by Crippen LogP contribution is 2.26. The molecule has 0 radical (unpaired) electrons. The maximum Gasteiger partial charge on any atom is 0.162 e. The second-order valence-corrected chi connectivity index (χ2v) is 8.09. The van der Waals surface area contributed by atoms with Gasteiger partial charge < -0.3 is 0 Å². The van der Waals surface area contributed by atoms with E-state index in [0.29, 0.717) is 17.5 Å². The van der Waals surface area contributed by atoms with Crippen molar-refractivity contribution in [1.29, 1.82) is 0 Å². The summed E-state index contributed by atoms with van der Waals surface area (Å²) in [6, 6.07) is 3.45. The second kappa shape index (κ2) is 13.3. The standard InChI is InChI=1S/C24H40F2/c1-5-10-20(11-6-2)13-8-14-21(12-7-3)15-9-16-22-18-17-19(4)23(25)24(22)26/h17-18,20-21H,5-16H2,1-4H3. The number of rotatable bonds is 14. The summed E-state index contributed by atoms with van der Waals surface area (Å²) in [4.78, 5) is 0. The summed E-state index contributed by atoms with van der Waals surface area (Å²) in [6.45, 7) is 8.44. The molecule has 1 atom stereocenters. The van der Waals surface area contributed by atoms with E-state index in [1.807, 2.05) is 0 Å². The van der Waals surface area contributed by atoms with Gasteiger partial charge in [0.2, 0.25) is 0 Å². The average Bonchev–Trinajstić information content (AvgIpc) is 2.62. The molecule has 1 rings (SSSR count). The lowest BCUT2D eigenvalue weighted by molar-refractivity contribution is 0.343. The molecule has 0 aliphatic carbocycles. The maximum absolute atomic E-state index is 14.0. The Balaban J connectivity index is 2.42. The highest BCUT2D eigenvalue weighted by atomic mass is 19.2. The lowest BCUT2D eigenvalue weighted by Gasteiger charge is -2.19. The van der Waals surface area contributed by atoms with Crippen LogP contribution < -0.4 is 0 Å². The summed E-state index contributed by atoms with van der Waals surface area (Å²) in [7, 11) is 0. The lowest BCUT2D eigenvalue weighted by atomic mass is 9.87. The van der Waals surface area contributed by atoms with Crippen LogP contribution in [0.5, 0.6) is 0 Å². The lowest BCUT2D eigenvalue weighted by Crippen LogP contribution is -2.05. The summed E-state index contributed by atoms with van der Waals surface area (Å²) in [5, 5.41) is 0. The molecule has 0 saturated heterocycles. The smallest absolute Gasteiger partial charge is 0.162 e. The fourth-order valence-electron chi connectivity index (χ4n) is 4.25. The third kappa shape index (κ3) is 8.18. The van der Waals surface area contributed by atoms with E-state index >= 15 is 0 Å². The number of aryl methyl sites for hydroxylation is 2. The minimum Gasteiger partial charge on any atom is -0.203 e. The minimum atomic E-state index is -0.675. The van der Waals surface area contributed by atoms with Crippen molar-refractivity contribution < 1.29 is 8.78 Å². The van der Waals surface area contributed by atoms with Crippen LogP contribution in [0.1, 0.15) is 103 Å². The molecule has 2 heteroatoms. The van der Waals surface area contributed by atoms with E-state index in [-0.39, 0.29) is 0 Å². The van der Waals surface area contributed by atoms with Gasteiger partial charge in [0.05, 0.1) is 0 Å². The van der Waals surface area contributed by atoms with Gasteiger partial charge in [-0.2, -0.15) is 0 Å². The highest BCUT2D eigenvalue weighted by molar-refractivity contribution is 5.25. The Bertz CT molecular complexity index is 489. The largest absolute Gasteiger partial charge is 0.203 e. The van der Waals surface area contributed by atoms with Crippen LogP contribution >= 0.6 is 0 Å². The van der Waals surface area contributed by atoms with Crippen molar-refractivity contribution in [1.82, 2.24) is 0 Å². The van der Waals surface area contributed by atoms with Gasteiger partial charge in [-0.15, -0.1) is 0 Å². The first-order valence-corrected chi connectivity index (χ1v) is 11.0. The van der Waals surface area contributed by atoms with Crippen LogP contribution in [0.3, 0.4) is 0 Å². The molecule has 0 bridgehead atoms. The van der Waals surface area contributed by atoms with Crippen LogP contribution in [-0.2, 0) is 6.42 Å². The van der Waals surface area contributed by atoms with Crippen LogP contribution in [0.25, 0.3) is 0 Å². The van der Waals surface area contributed by atoms with Crippen LogP contribution in [0, 0.1) is 30.4 Å². The molecule has 0 nitrogen and oxygen atoms in total. The van der Waals surface area contributed by atoms with E-state index in [1.54, 1.807) is 19.1 Å². The van der Waals surface area contributed by atoms with Gasteiger partial charge in [-0.25, -0.2) is 8.78 Å². The fourth-order valence-corrected chi connectivity index (χ4v) is 4.25. The van der Waals surface area contributed by atoms with Gasteiger partial charge in [-0.1, -0.05) is 97.1 Å². The first-order chi connectivity index (χ1) is 12.5. The Morgan fingerprint density at radius 3 is 1.73 bits per heavy atom. The number of benzene rings is 1. The van der Waals surface area contributed by atoms with Crippen molar-refractivity contribution in [3.05, 3.63) is 34.9 Å². The Hall–Kier alpha value is -0.920. The molecular formula is C24H40F2. The van der Waals surface area contributed by atoms with Gasteiger partial charge in [0.1, 0.15) is 0 Å².